The molecule has 2 rings (SSSR count). The highest BCUT2D eigenvalue weighted by molar-refractivity contribution is 9.08. The van der Waals surface area contributed by atoms with Crippen LogP contribution in [0.3, 0.4) is 0 Å². The SMILES string of the molecule is COc1cc(CBr)cc(Cl)c1OCCc1ccnn1C. The fourth-order valence-electron chi connectivity index (χ4n) is 1.89. The van der Waals surface area contributed by atoms with Gasteiger partial charge in [0.2, 0.25) is 0 Å². The maximum atomic E-state index is 6.24. The molecule has 1 aromatic carbocycles. The first-order valence-corrected chi connectivity index (χ1v) is 7.67. The average Bonchev–Trinajstić information content (AvgIpc) is 2.85. The highest BCUT2D eigenvalue weighted by atomic mass is 79.9. The van der Waals surface area contributed by atoms with Crippen molar-refractivity contribution >= 4 is 27.5 Å². The van der Waals surface area contributed by atoms with Crippen molar-refractivity contribution < 1.29 is 9.47 Å². The largest absolute Gasteiger partial charge is 0.493 e. The fraction of sp³-hybridized carbons (Fsp3) is 0.357. The first-order chi connectivity index (χ1) is 9.65. The molecular formula is C14H16BrClN2O2. The van der Waals surface area contributed by atoms with Crippen molar-refractivity contribution in [1.29, 1.82) is 0 Å². The molecule has 0 fully saturated rings. The summed E-state index contributed by atoms with van der Waals surface area (Å²) in [5.74, 6) is 1.23. The molecular weight excluding hydrogens is 344 g/mol. The van der Waals surface area contributed by atoms with Crippen molar-refractivity contribution in [2.45, 2.75) is 11.8 Å². The predicted molar refractivity (Wildman–Crippen MR) is 83.0 cm³/mol. The van der Waals surface area contributed by atoms with Crippen molar-refractivity contribution in [2.24, 2.45) is 7.05 Å². The second-order valence-corrected chi connectivity index (χ2v) is 5.26. The summed E-state index contributed by atoms with van der Waals surface area (Å²) in [6, 6.07) is 5.76. The van der Waals surface area contributed by atoms with Gasteiger partial charge in [0.05, 0.1) is 18.7 Å². The number of aryl methyl sites for hydroxylation is 1. The molecule has 1 heterocycles. The number of ether oxygens (including phenoxy) is 2. The van der Waals surface area contributed by atoms with Crippen LogP contribution in [0.5, 0.6) is 11.5 Å². The molecule has 0 aliphatic heterocycles. The lowest BCUT2D eigenvalue weighted by Crippen LogP contribution is -2.07. The molecule has 0 N–H and O–H groups in total. The number of hydrogen-bond acceptors (Lipinski definition) is 3. The summed E-state index contributed by atoms with van der Waals surface area (Å²) in [6.07, 6.45) is 2.53. The Morgan fingerprint density at radius 3 is 2.80 bits per heavy atom. The molecule has 108 valence electrons. The molecule has 0 spiro atoms. The van der Waals surface area contributed by atoms with Gasteiger partial charge in [-0.2, -0.15) is 5.10 Å². The van der Waals surface area contributed by atoms with E-state index in [2.05, 4.69) is 21.0 Å². The summed E-state index contributed by atoms with van der Waals surface area (Å²) < 4.78 is 12.9. The highest BCUT2D eigenvalue weighted by Gasteiger charge is 2.12. The standard InChI is InChI=1S/C14H16BrClN2O2/c1-18-11(3-5-17-18)4-6-20-14-12(16)7-10(9-15)8-13(14)19-2/h3,5,7-8H,4,6,9H2,1-2H3. The van der Waals surface area contributed by atoms with Gasteiger partial charge in [-0.05, 0) is 23.8 Å². The van der Waals surface area contributed by atoms with Gasteiger partial charge in [-0.15, -0.1) is 0 Å². The van der Waals surface area contributed by atoms with E-state index in [1.165, 1.54) is 0 Å². The molecule has 2 aromatic rings. The van der Waals surface area contributed by atoms with Crippen LogP contribution in [0.1, 0.15) is 11.3 Å². The van der Waals surface area contributed by atoms with Crippen molar-refractivity contribution in [3.63, 3.8) is 0 Å². The van der Waals surface area contributed by atoms with Gasteiger partial charge in [-0.1, -0.05) is 27.5 Å². The molecule has 0 radical (unpaired) electrons. The molecule has 0 bridgehead atoms. The van der Waals surface area contributed by atoms with Crippen LogP contribution < -0.4 is 9.47 Å². The van der Waals surface area contributed by atoms with Crippen LogP contribution in [-0.2, 0) is 18.8 Å². The Morgan fingerprint density at radius 1 is 1.40 bits per heavy atom. The Balaban J connectivity index is 2.07. The van der Waals surface area contributed by atoms with Gasteiger partial charge in [0.15, 0.2) is 11.5 Å². The van der Waals surface area contributed by atoms with Crippen molar-refractivity contribution in [3.8, 4) is 11.5 Å². The van der Waals surface area contributed by atoms with E-state index in [0.717, 1.165) is 23.0 Å². The molecule has 0 saturated carbocycles. The van der Waals surface area contributed by atoms with E-state index in [1.54, 1.807) is 13.3 Å². The summed E-state index contributed by atoms with van der Waals surface area (Å²) in [7, 11) is 3.52. The third kappa shape index (κ3) is 3.46. The first-order valence-electron chi connectivity index (χ1n) is 6.17. The zero-order chi connectivity index (χ0) is 14.5. The molecule has 0 saturated heterocycles. The van der Waals surface area contributed by atoms with Crippen molar-refractivity contribution in [3.05, 3.63) is 40.7 Å². The highest BCUT2D eigenvalue weighted by Crippen LogP contribution is 2.37. The Hall–Kier alpha value is -1.20. The van der Waals surface area contributed by atoms with Gasteiger partial charge in [0.25, 0.3) is 0 Å². The second kappa shape index (κ2) is 6.99. The Bertz CT molecular complexity index is 587. The summed E-state index contributed by atoms with van der Waals surface area (Å²) in [5.41, 5.74) is 2.16. The fourth-order valence-corrected chi connectivity index (χ4v) is 2.51. The maximum Gasteiger partial charge on any atom is 0.179 e. The molecule has 6 heteroatoms. The van der Waals surface area contributed by atoms with Gasteiger partial charge >= 0.3 is 0 Å². The summed E-state index contributed by atoms with van der Waals surface area (Å²) in [6.45, 7) is 0.517. The Morgan fingerprint density at radius 2 is 2.20 bits per heavy atom. The van der Waals surface area contributed by atoms with Gasteiger partial charge in [0, 0.05) is 30.7 Å². The zero-order valence-electron chi connectivity index (χ0n) is 11.4. The van der Waals surface area contributed by atoms with Crippen LogP contribution in [-0.4, -0.2) is 23.5 Å². The third-order valence-corrected chi connectivity index (χ3v) is 3.90. The molecule has 20 heavy (non-hydrogen) atoms. The van der Waals surface area contributed by atoms with E-state index in [1.807, 2.05) is 29.9 Å². The van der Waals surface area contributed by atoms with Crippen LogP contribution in [0.15, 0.2) is 24.4 Å². The van der Waals surface area contributed by atoms with E-state index in [4.69, 9.17) is 21.1 Å². The van der Waals surface area contributed by atoms with E-state index in [0.29, 0.717) is 23.1 Å². The number of benzene rings is 1. The molecule has 4 nitrogen and oxygen atoms in total. The lowest BCUT2D eigenvalue weighted by molar-refractivity contribution is 0.295. The van der Waals surface area contributed by atoms with Crippen LogP contribution in [0.2, 0.25) is 5.02 Å². The quantitative estimate of drug-likeness (QED) is 0.739. The number of hydrogen-bond donors (Lipinski definition) is 0. The van der Waals surface area contributed by atoms with Crippen LogP contribution in [0.25, 0.3) is 0 Å². The van der Waals surface area contributed by atoms with Gasteiger partial charge in [0.1, 0.15) is 0 Å². The Labute approximate surface area is 131 Å². The number of rotatable bonds is 6. The lowest BCUT2D eigenvalue weighted by Gasteiger charge is -2.13. The summed E-state index contributed by atoms with van der Waals surface area (Å²) >= 11 is 9.64. The number of halogens is 2. The van der Waals surface area contributed by atoms with E-state index >= 15 is 0 Å². The topological polar surface area (TPSA) is 36.3 Å². The Kier molecular flexibility index (Phi) is 5.31. The monoisotopic (exact) mass is 358 g/mol. The molecule has 0 atom stereocenters. The smallest absolute Gasteiger partial charge is 0.179 e. The van der Waals surface area contributed by atoms with Gasteiger partial charge < -0.3 is 9.47 Å². The molecule has 0 aliphatic carbocycles. The lowest BCUT2D eigenvalue weighted by atomic mass is 10.2. The number of methoxy groups -OCH3 is 1. The van der Waals surface area contributed by atoms with Crippen molar-refractivity contribution in [2.75, 3.05) is 13.7 Å². The van der Waals surface area contributed by atoms with Gasteiger partial charge in [-0.25, -0.2) is 0 Å². The number of nitrogens with zero attached hydrogens (tertiary/aromatic N) is 2. The minimum atomic E-state index is 0.517. The molecule has 0 aliphatic rings. The van der Waals surface area contributed by atoms with Crippen LogP contribution >= 0.6 is 27.5 Å². The van der Waals surface area contributed by atoms with E-state index < -0.39 is 0 Å². The normalized spacial score (nSPS) is 10.6. The van der Waals surface area contributed by atoms with Crippen LogP contribution in [0.4, 0.5) is 0 Å². The molecule has 0 amide bonds. The summed E-state index contributed by atoms with van der Waals surface area (Å²) in [5, 5.41) is 5.40. The summed E-state index contributed by atoms with van der Waals surface area (Å²) in [4.78, 5) is 0. The third-order valence-electron chi connectivity index (χ3n) is 2.97. The average molecular weight is 360 g/mol. The minimum Gasteiger partial charge on any atom is -0.493 e. The molecule has 1 aromatic heterocycles. The minimum absolute atomic E-state index is 0.517. The second-order valence-electron chi connectivity index (χ2n) is 4.29. The van der Waals surface area contributed by atoms with Crippen molar-refractivity contribution in [1.82, 2.24) is 9.78 Å². The van der Waals surface area contributed by atoms with Gasteiger partial charge in [-0.3, -0.25) is 4.68 Å². The van der Waals surface area contributed by atoms with Crippen LogP contribution in [0, 0.1) is 0 Å². The zero-order valence-corrected chi connectivity index (χ0v) is 13.7. The predicted octanol–water partition coefficient (Wildman–Crippen LogP) is 3.60. The maximum absolute atomic E-state index is 6.24. The first kappa shape index (κ1) is 15.2. The van der Waals surface area contributed by atoms with E-state index in [-0.39, 0.29) is 0 Å². The molecule has 0 unspecified atom stereocenters. The number of aromatic nitrogens is 2. The number of alkyl halides is 1. The van der Waals surface area contributed by atoms with E-state index in [9.17, 15) is 0 Å².